The van der Waals surface area contributed by atoms with Gasteiger partial charge in [0.2, 0.25) is 0 Å². The zero-order valence-corrected chi connectivity index (χ0v) is 10.6. The van der Waals surface area contributed by atoms with Crippen molar-refractivity contribution < 1.29 is 14.3 Å². The quantitative estimate of drug-likeness (QED) is 0.841. The molecule has 0 bridgehead atoms. The number of carboxylic acid groups (broad SMARTS) is 1. The third-order valence-electron chi connectivity index (χ3n) is 4.30. The highest BCUT2D eigenvalue weighted by Crippen LogP contribution is 2.47. The summed E-state index contributed by atoms with van der Waals surface area (Å²) in [5.41, 5.74) is -0.728. The molecule has 2 aliphatic carbocycles. The van der Waals surface area contributed by atoms with Gasteiger partial charge in [-0.1, -0.05) is 0 Å². The molecule has 0 saturated heterocycles. The largest absolute Gasteiger partial charge is 0.480 e. The molecule has 98 valence electrons. The highest BCUT2D eigenvalue weighted by molar-refractivity contribution is 5.79. The van der Waals surface area contributed by atoms with Gasteiger partial charge in [-0.05, 0) is 50.7 Å². The van der Waals surface area contributed by atoms with Gasteiger partial charge >= 0.3 is 5.97 Å². The molecule has 0 spiro atoms. The molecule has 1 unspecified atom stereocenters. The van der Waals surface area contributed by atoms with E-state index in [1.807, 2.05) is 19.1 Å². The zero-order valence-electron chi connectivity index (χ0n) is 10.6. The Morgan fingerprint density at radius 3 is 2.67 bits per heavy atom. The van der Waals surface area contributed by atoms with Crippen LogP contribution >= 0.6 is 0 Å². The average Bonchev–Trinajstić information content (AvgIpc) is 3.24. The van der Waals surface area contributed by atoms with E-state index in [-0.39, 0.29) is 0 Å². The SMILES string of the molecule is CC(C(=O)O)(C1CC1)N(Cc1ccco1)C1CC1. The average molecular weight is 249 g/mol. The molecule has 1 aromatic heterocycles. The summed E-state index contributed by atoms with van der Waals surface area (Å²) in [6.07, 6.45) is 5.93. The molecule has 1 heterocycles. The first-order valence-corrected chi connectivity index (χ1v) is 6.65. The normalized spacial score (nSPS) is 23.0. The maximum atomic E-state index is 11.7. The summed E-state index contributed by atoms with van der Waals surface area (Å²) in [6.45, 7) is 2.49. The standard InChI is InChI=1S/C14H19NO3/c1-14(13(16)17,10-4-5-10)15(11-6-7-11)9-12-3-2-8-18-12/h2-3,8,10-11H,4-7,9H2,1H3,(H,16,17). The van der Waals surface area contributed by atoms with Gasteiger partial charge in [0.15, 0.2) is 0 Å². The predicted molar refractivity (Wildman–Crippen MR) is 66.0 cm³/mol. The van der Waals surface area contributed by atoms with Crippen molar-refractivity contribution in [1.29, 1.82) is 0 Å². The molecule has 2 fully saturated rings. The van der Waals surface area contributed by atoms with E-state index in [4.69, 9.17) is 4.42 Å². The number of rotatable bonds is 6. The second kappa shape index (κ2) is 4.12. The summed E-state index contributed by atoms with van der Waals surface area (Å²) in [4.78, 5) is 13.9. The molecule has 4 heteroatoms. The molecule has 3 rings (SSSR count). The summed E-state index contributed by atoms with van der Waals surface area (Å²) in [7, 11) is 0. The summed E-state index contributed by atoms with van der Waals surface area (Å²) in [5, 5.41) is 9.65. The maximum absolute atomic E-state index is 11.7. The summed E-state index contributed by atoms with van der Waals surface area (Å²) in [6, 6.07) is 4.19. The Balaban J connectivity index is 1.85. The van der Waals surface area contributed by atoms with E-state index in [2.05, 4.69) is 4.90 Å². The molecule has 1 aromatic rings. The Kier molecular flexibility index (Phi) is 2.70. The first-order chi connectivity index (χ1) is 8.62. The van der Waals surface area contributed by atoms with Crippen molar-refractivity contribution in [3.8, 4) is 0 Å². The van der Waals surface area contributed by atoms with Gasteiger partial charge < -0.3 is 9.52 Å². The minimum absolute atomic E-state index is 0.297. The zero-order chi connectivity index (χ0) is 12.8. The van der Waals surface area contributed by atoms with Crippen molar-refractivity contribution in [3.63, 3.8) is 0 Å². The molecule has 1 atom stereocenters. The fraction of sp³-hybridized carbons (Fsp3) is 0.643. The Morgan fingerprint density at radius 1 is 1.50 bits per heavy atom. The molecule has 0 amide bonds. The monoisotopic (exact) mass is 249 g/mol. The number of hydrogen-bond acceptors (Lipinski definition) is 3. The highest BCUT2D eigenvalue weighted by Gasteiger charge is 2.55. The van der Waals surface area contributed by atoms with Crippen LogP contribution in [0.25, 0.3) is 0 Å². The van der Waals surface area contributed by atoms with Crippen LogP contribution in [0, 0.1) is 5.92 Å². The number of carboxylic acids is 1. The number of aliphatic carboxylic acids is 1. The lowest BCUT2D eigenvalue weighted by Crippen LogP contribution is -2.54. The van der Waals surface area contributed by atoms with Crippen LogP contribution in [-0.4, -0.2) is 27.6 Å². The van der Waals surface area contributed by atoms with Gasteiger partial charge in [0.05, 0.1) is 12.8 Å². The van der Waals surface area contributed by atoms with Crippen molar-refractivity contribution in [2.75, 3.05) is 0 Å². The van der Waals surface area contributed by atoms with Crippen LogP contribution in [0.5, 0.6) is 0 Å². The number of carbonyl (C=O) groups is 1. The number of furan rings is 1. The van der Waals surface area contributed by atoms with E-state index in [1.54, 1.807) is 6.26 Å². The Hall–Kier alpha value is -1.29. The van der Waals surface area contributed by atoms with Crippen LogP contribution in [0.1, 0.15) is 38.4 Å². The van der Waals surface area contributed by atoms with E-state index < -0.39 is 11.5 Å². The van der Waals surface area contributed by atoms with Crippen molar-refractivity contribution >= 4 is 5.97 Å². The minimum Gasteiger partial charge on any atom is -0.480 e. The smallest absolute Gasteiger partial charge is 0.324 e. The van der Waals surface area contributed by atoms with Gasteiger partial charge in [0.1, 0.15) is 11.3 Å². The Labute approximate surface area is 107 Å². The van der Waals surface area contributed by atoms with Gasteiger partial charge in [-0.25, -0.2) is 0 Å². The van der Waals surface area contributed by atoms with Crippen molar-refractivity contribution in [2.45, 2.75) is 50.7 Å². The molecule has 1 N–H and O–H groups in total. The molecule has 18 heavy (non-hydrogen) atoms. The predicted octanol–water partition coefficient (Wildman–Crippen LogP) is 2.50. The van der Waals surface area contributed by atoms with Gasteiger partial charge in [-0.15, -0.1) is 0 Å². The van der Waals surface area contributed by atoms with Crippen molar-refractivity contribution in [2.24, 2.45) is 5.92 Å². The maximum Gasteiger partial charge on any atom is 0.324 e. The molecule has 0 aliphatic heterocycles. The van der Waals surface area contributed by atoms with Gasteiger partial charge in [0, 0.05) is 6.04 Å². The molecular weight excluding hydrogens is 230 g/mol. The lowest BCUT2D eigenvalue weighted by Gasteiger charge is -2.38. The fourth-order valence-corrected chi connectivity index (χ4v) is 2.81. The molecule has 4 nitrogen and oxygen atoms in total. The van der Waals surface area contributed by atoms with Crippen LogP contribution in [0.2, 0.25) is 0 Å². The molecule has 2 saturated carbocycles. The van der Waals surface area contributed by atoms with Crippen LogP contribution in [-0.2, 0) is 11.3 Å². The lowest BCUT2D eigenvalue weighted by atomic mass is 9.93. The van der Waals surface area contributed by atoms with Crippen LogP contribution in [0.4, 0.5) is 0 Å². The van der Waals surface area contributed by atoms with Gasteiger partial charge in [-0.2, -0.15) is 0 Å². The minimum atomic E-state index is -0.728. The highest BCUT2D eigenvalue weighted by atomic mass is 16.4. The summed E-state index contributed by atoms with van der Waals surface area (Å²) < 4.78 is 5.38. The Morgan fingerprint density at radius 2 is 2.22 bits per heavy atom. The summed E-state index contributed by atoms with van der Waals surface area (Å²) in [5.74, 6) is 0.462. The Bertz CT molecular complexity index is 434. The number of nitrogens with zero attached hydrogens (tertiary/aromatic N) is 1. The third-order valence-corrected chi connectivity index (χ3v) is 4.30. The lowest BCUT2D eigenvalue weighted by molar-refractivity contribution is -0.153. The van der Waals surface area contributed by atoms with Crippen molar-refractivity contribution in [3.05, 3.63) is 24.2 Å². The van der Waals surface area contributed by atoms with Crippen LogP contribution in [0.3, 0.4) is 0 Å². The number of hydrogen-bond donors (Lipinski definition) is 1. The van der Waals surface area contributed by atoms with E-state index in [0.29, 0.717) is 18.5 Å². The molecule has 0 radical (unpaired) electrons. The topological polar surface area (TPSA) is 53.7 Å². The van der Waals surface area contributed by atoms with E-state index >= 15 is 0 Å². The molecular formula is C14H19NO3. The van der Waals surface area contributed by atoms with Gasteiger partial charge in [0.25, 0.3) is 0 Å². The van der Waals surface area contributed by atoms with Crippen LogP contribution < -0.4 is 0 Å². The third kappa shape index (κ3) is 1.94. The molecule has 0 aromatic carbocycles. The van der Waals surface area contributed by atoms with E-state index in [0.717, 1.165) is 31.4 Å². The first-order valence-electron chi connectivity index (χ1n) is 6.65. The fourth-order valence-electron chi connectivity index (χ4n) is 2.81. The van der Waals surface area contributed by atoms with E-state index in [1.165, 1.54) is 0 Å². The summed E-state index contributed by atoms with van der Waals surface area (Å²) >= 11 is 0. The second-order valence-electron chi connectivity index (χ2n) is 5.67. The molecule has 2 aliphatic rings. The first kappa shape index (κ1) is 11.8. The second-order valence-corrected chi connectivity index (χ2v) is 5.67. The van der Waals surface area contributed by atoms with Crippen molar-refractivity contribution in [1.82, 2.24) is 4.90 Å². The van der Waals surface area contributed by atoms with Gasteiger partial charge in [-0.3, -0.25) is 9.69 Å². The van der Waals surface area contributed by atoms with Crippen LogP contribution in [0.15, 0.2) is 22.8 Å². The van der Waals surface area contributed by atoms with E-state index in [9.17, 15) is 9.90 Å².